The number of carbonyl (C=O) groups is 2. The third-order valence-electron chi connectivity index (χ3n) is 5.43. The summed E-state index contributed by atoms with van der Waals surface area (Å²) in [5.74, 6) is -0.979. The number of aryl methyl sites for hydroxylation is 2. The van der Waals surface area contributed by atoms with E-state index in [9.17, 15) is 9.59 Å². The number of hydrogen-bond donors (Lipinski definition) is 2. The highest BCUT2D eigenvalue weighted by Gasteiger charge is 2.20. The molecule has 4 aromatic rings. The zero-order valence-electron chi connectivity index (χ0n) is 19.2. The lowest BCUT2D eigenvalue weighted by Gasteiger charge is -2.12. The van der Waals surface area contributed by atoms with Crippen LogP contribution in [0.25, 0.3) is 6.08 Å². The van der Waals surface area contributed by atoms with Crippen LogP contribution < -0.4 is 10.6 Å². The van der Waals surface area contributed by atoms with Crippen LogP contribution in [0.5, 0.6) is 0 Å². The number of amides is 2. The first-order valence-corrected chi connectivity index (χ1v) is 11.0. The Bertz CT molecular complexity index is 1280. The Balaban J connectivity index is 1.62. The zero-order chi connectivity index (χ0) is 23.9. The molecule has 0 radical (unpaired) electrons. The van der Waals surface area contributed by atoms with Crippen LogP contribution in [0.3, 0.4) is 0 Å². The molecule has 6 heteroatoms. The fourth-order valence-corrected chi connectivity index (χ4v) is 3.52. The molecule has 0 fully saturated rings. The molecule has 0 spiro atoms. The first-order valence-electron chi connectivity index (χ1n) is 11.0. The first-order chi connectivity index (χ1) is 16.5. The van der Waals surface area contributed by atoms with Crippen LogP contribution in [0.15, 0.2) is 96.8 Å². The molecule has 0 saturated carbocycles. The minimum Gasteiger partial charge on any atom is -0.322 e. The number of nitrogens with one attached hydrogen (secondary N) is 2. The van der Waals surface area contributed by atoms with Gasteiger partial charge in [-0.1, -0.05) is 66.7 Å². The van der Waals surface area contributed by atoms with Crippen molar-refractivity contribution >= 4 is 29.3 Å². The number of rotatable bonds is 7. The van der Waals surface area contributed by atoms with Crippen molar-refractivity contribution in [1.29, 1.82) is 0 Å². The highest BCUT2D eigenvalue weighted by molar-refractivity contribution is 6.29. The molecule has 0 atom stereocenters. The SMILES string of the molecule is Cc1ccccc1NC(=O)C(=Cc1cnn(Cc2ccccc2)c1)C(=O)Nc1ccccc1C. The highest BCUT2D eigenvalue weighted by atomic mass is 16.2. The minimum absolute atomic E-state index is 0.00855. The maximum absolute atomic E-state index is 13.2. The summed E-state index contributed by atoms with van der Waals surface area (Å²) in [6.45, 7) is 4.40. The molecule has 2 amide bonds. The Morgan fingerprint density at radius 3 is 1.88 bits per heavy atom. The van der Waals surface area contributed by atoms with Crippen LogP contribution in [0.1, 0.15) is 22.3 Å². The van der Waals surface area contributed by atoms with Crippen molar-refractivity contribution in [2.24, 2.45) is 0 Å². The standard InChI is InChI=1S/C28H26N4O2/c1-20-10-6-8-14-25(20)30-27(33)24(28(34)31-26-15-9-7-11-21(26)2)16-23-17-29-32(19-23)18-22-12-4-3-5-13-22/h3-17,19H,18H2,1-2H3,(H,30,33)(H,31,34). The summed E-state index contributed by atoms with van der Waals surface area (Å²) in [5.41, 5.74) is 4.88. The van der Waals surface area contributed by atoms with Crippen molar-refractivity contribution in [2.75, 3.05) is 10.6 Å². The van der Waals surface area contributed by atoms with Gasteiger partial charge in [0.2, 0.25) is 0 Å². The molecule has 1 aromatic heterocycles. The molecular weight excluding hydrogens is 424 g/mol. The van der Waals surface area contributed by atoms with Gasteiger partial charge in [-0.15, -0.1) is 0 Å². The van der Waals surface area contributed by atoms with E-state index in [1.54, 1.807) is 17.0 Å². The molecule has 0 unspecified atom stereocenters. The molecule has 0 bridgehead atoms. The van der Waals surface area contributed by atoms with Crippen LogP contribution in [0, 0.1) is 13.8 Å². The number of para-hydroxylation sites is 2. The lowest BCUT2D eigenvalue weighted by atomic mass is 10.1. The summed E-state index contributed by atoms with van der Waals surface area (Å²) in [6.07, 6.45) is 5.02. The lowest BCUT2D eigenvalue weighted by molar-refractivity contribution is -0.118. The van der Waals surface area contributed by atoms with E-state index >= 15 is 0 Å². The Labute approximate surface area is 198 Å². The summed E-state index contributed by atoms with van der Waals surface area (Å²) in [6, 6.07) is 24.9. The fraction of sp³-hybridized carbons (Fsp3) is 0.107. The molecule has 170 valence electrons. The van der Waals surface area contributed by atoms with E-state index in [0.717, 1.165) is 16.7 Å². The van der Waals surface area contributed by atoms with Gasteiger partial charge in [0, 0.05) is 23.1 Å². The molecule has 0 aliphatic rings. The smallest absolute Gasteiger partial charge is 0.261 e. The predicted octanol–water partition coefficient (Wildman–Crippen LogP) is 5.21. The van der Waals surface area contributed by atoms with Gasteiger partial charge in [0.25, 0.3) is 11.8 Å². The molecule has 6 nitrogen and oxygen atoms in total. The molecule has 4 rings (SSSR count). The fourth-order valence-electron chi connectivity index (χ4n) is 3.52. The number of nitrogens with zero attached hydrogens (tertiary/aromatic N) is 2. The second-order valence-corrected chi connectivity index (χ2v) is 8.05. The molecular formula is C28H26N4O2. The Kier molecular flexibility index (Phi) is 6.98. The van der Waals surface area contributed by atoms with Gasteiger partial charge in [0.05, 0.1) is 12.7 Å². The quantitative estimate of drug-likeness (QED) is 0.231. The second kappa shape index (κ2) is 10.4. The summed E-state index contributed by atoms with van der Waals surface area (Å²) in [4.78, 5) is 26.4. The van der Waals surface area contributed by atoms with Gasteiger partial charge in [-0.3, -0.25) is 14.3 Å². The van der Waals surface area contributed by atoms with E-state index in [1.807, 2.05) is 98.9 Å². The highest BCUT2D eigenvalue weighted by Crippen LogP contribution is 2.19. The largest absolute Gasteiger partial charge is 0.322 e. The maximum Gasteiger partial charge on any atom is 0.261 e. The monoisotopic (exact) mass is 450 g/mol. The van der Waals surface area contributed by atoms with Gasteiger partial charge in [-0.25, -0.2) is 0 Å². The van der Waals surface area contributed by atoms with E-state index in [0.29, 0.717) is 23.5 Å². The number of hydrogen-bond acceptors (Lipinski definition) is 3. The predicted molar refractivity (Wildman–Crippen MR) is 135 cm³/mol. The second-order valence-electron chi connectivity index (χ2n) is 8.05. The number of carbonyl (C=O) groups excluding carboxylic acids is 2. The molecule has 0 aliphatic carbocycles. The molecule has 0 saturated heterocycles. The summed E-state index contributed by atoms with van der Waals surface area (Å²) in [7, 11) is 0. The Hall–Kier alpha value is -4.45. The van der Waals surface area contributed by atoms with E-state index < -0.39 is 11.8 Å². The van der Waals surface area contributed by atoms with Crippen molar-refractivity contribution in [3.63, 3.8) is 0 Å². The number of benzene rings is 3. The molecule has 34 heavy (non-hydrogen) atoms. The van der Waals surface area contributed by atoms with Crippen LogP contribution in [-0.2, 0) is 16.1 Å². The Morgan fingerprint density at radius 1 is 0.794 bits per heavy atom. The number of anilines is 2. The summed E-state index contributed by atoms with van der Waals surface area (Å²) < 4.78 is 1.78. The number of aromatic nitrogens is 2. The van der Waals surface area contributed by atoms with Crippen molar-refractivity contribution in [3.05, 3.63) is 119 Å². The van der Waals surface area contributed by atoms with E-state index in [2.05, 4.69) is 15.7 Å². The van der Waals surface area contributed by atoms with Gasteiger partial charge < -0.3 is 10.6 Å². The van der Waals surface area contributed by atoms with Gasteiger partial charge in [-0.05, 0) is 48.7 Å². The third kappa shape index (κ3) is 5.66. The third-order valence-corrected chi connectivity index (χ3v) is 5.43. The normalized spacial score (nSPS) is 10.4. The zero-order valence-corrected chi connectivity index (χ0v) is 19.2. The van der Waals surface area contributed by atoms with Crippen LogP contribution in [-0.4, -0.2) is 21.6 Å². The van der Waals surface area contributed by atoms with Gasteiger partial charge in [0.1, 0.15) is 5.57 Å². The van der Waals surface area contributed by atoms with Gasteiger partial charge in [-0.2, -0.15) is 5.10 Å². The first kappa shape index (κ1) is 22.7. The summed E-state index contributed by atoms with van der Waals surface area (Å²) in [5, 5.41) is 10.1. The minimum atomic E-state index is -0.490. The Morgan fingerprint density at radius 2 is 1.32 bits per heavy atom. The molecule has 3 aromatic carbocycles. The summed E-state index contributed by atoms with van der Waals surface area (Å²) >= 11 is 0. The lowest BCUT2D eigenvalue weighted by Crippen LogP contribution is -2.25. The van der Waals surface area contributed by atoms with Crippen molar-refractivity contribution in [1.82, 2.24) is 9.78 Å². The van der Waals surface area contributed by atoms with E-state index in [4.69, 9.17) is 0 Å². The molecule has 1 heterocycles. The van der Waals surface area contributed by atoms with Crippen LogP contribution >= 0.6 is 0 Å². The van der Waals surface area contributed by atoms with E-state index in [-0.39, 0.29) is 5.57 Å². The van der Waals surface area contributed by atoms with E-state index in [1.165, 1.54) is 0 Å². The maximum atomic E-state index is 13.2. The van der Waals surface area contributed by atoms with Crippen molar-refractivity contribution in [2.45, 2.75) is 20.4 Å². The topological polar surface area (TPSA) is 76.0 Å². The average molecular weight is 451 g/mol. The van der Waals surface area contributed by atoms with Crippen LogP contribution in [0.2, 0.25) is 0 Å². The van der Waals surface area contributed by atoms with Crippen molar-refractivity contribution in [3.8, 4) is 0 Å². The molecule has 0 aliphatic heterocycles. The van der Waals surface area contributed by atoms with Crippen molar-refractivity contribution < 1.29 is 9.59 Å². The average Bonchev–Trinajstić information content (AvgIpc) is 3.28. The van der Waals surface area contributed by atoms with Gasteiger partial charge in [0.15, 0.2) is 0 Å². The van der Waals surface area contributed by atoms with Gasteiger partial charge >= 0.3 is 0 Å². The molecule has 2 N–H and O–H groups in total. The van der Waals surface area contributed by atoms with Crippen LogP contribution in [0.4, 0.5) is 11.4 Å².